The summed E-state index contributed by atoms with van der Waals surface area (Å²) in [6, 6.07) is 11.0. The number of rotatable bonds is 10. The molecule has 5 nitrogen and oxygen atoms in total. The number of aromatic amines is 1. The van der Waals surface area contributed by atoms with Crippen molar-refractivity contribution in [3.05, 3.63) is 77.6 Å². The first-order chi connectivity index (χ1) is 17.1. The first-order valence-corrected chi connectivity index (χ1v) is 12.7. The van der Waals surface area contributed by atoms with Gasteiger partial charge in [0.15, 0.2) is 11.6 Å². The van der Waals surface area contributed by atoms with Gasteiger partial charge < -0.3 is 9.88 Å². The minimum absolute atomic E-state index is 0.250. The average molecular weight is 481 g/mol. The molecular weight excluding hydrogens is 446 g/mol. The summed E-state index contributed by atoms with van der Waals surface area (Å²) in [5.41, 5.74) is 1.44. The number of halogens is 2. The number of amides is 1. The smallest absolute Gasteiger partial charge is 0.257 e. The molecule has 35 heavy (non-hydrogen) atoms. The SMILES string of the molecule is CCCCN(C(=O)c1cccc(F)c1F)C(CC=CCN1CCCCC1)c1nc2ccccc2[nH]1. The lowest BCUT2D eigenvalue weighted by Crippen LogP contribution is -2.37. The number of H-pyrrole nitrogens is 1. The molecule has 1 amide bonds. The third-order valence-electron chi connectivity index (χ3n) is 6.63. The van der Waals surface area contributed by atoms with Crippen molar-refractivity contribution in [1.82, 2.24) is 19.8 Å². The zero-order chi connectivity index (χ0) is 24.6. The Balaban J connectivity index is 1.64. The molecule has 1 unspecified atom stereocenters. The highest BCUT2D eigenvalue weighted by Crippen LogP contribution is 2.28. The number of nitrogens with one attached hydrogen (secondary N) is 1. The number of hydrogen-bond acceptors (Lipinski definition) is 3. The van der Waals surface area contributed by atoms with E-state index >= 15 is 0 Å². The van der Waals surface area contributed by atoms with E-state index in [1.165, 1.54) is 31.4 Å². The molecule has 1 fully saturated rings. The monoisotopic (exact) mass is 480 g/mol. The Morgan fingerprint density at radius 1 is 1.11 bits per heavy atom. The van der Waals surface area contributed by atoms with E-state index < -0.39 is 23.6 Å². The van der Waals surface area contributed by atoms with Gasteiger partial charge in [-0.05, 0) is 63.0 Å². The molecule has 1 aliphatic rings. The standard InChI is InChI=1S/C28H34F2N4O/c1-2-3-20-34(28(35)21-12-11-13-22(29)26(21)30)25(16-7-10-19-33-17-8-4-9-18-33)27-31-23-14-5-6-15-24(23)32-27/h5-7,10-15,25H,2-4,8-9,16-20H2,1H3,(H,31,32). The van der Waals surface area contributed by atoms with Crippen LogP contribution in [0.1, 0.15) is 67.7 Å². The van der Waals surface area contributed by atoms with E-state index in [4.69, 9.17) is 4.98 Å². The Labute approximate surface area is 205 Å². The van der Waals surface area contributed by atoms with E-state index in [0.29, 0.717) is 18.8 Å². The fourth-order valence-corrected chi connectivity index (χ4v) is 4.66. The van der Waals surface area contributed by atoms with Gasteiger partial charge in [-0.15, -0.1) is 0 Å². The van der Waals surface area contributed by atoms with Crippen molar-refractivity contribution in [2.24, 2.45) is 0 Å². The summed E-state index contributed by atoms with van der Waals surface area (Å²) in [6.45, 7) is 5.55. The number of fused-ring (bicyclic) bond motifs is 1. The fourth-order valence-electron chi connectivity index (χ4n) is 4.66. The van der Waals surface area contributed by atoms with Crippen molar-refractivity contribution in [1.29, 1.82) is 0 Å². The molecular formula is C28H34F2N4O. The van der Waals surface area contributed by atoms with Crippen LogP contribution in [-0.2, 0) is 0 Å². The number of carbonyl (C=O) groups is 1. The van der Waals surface area contributed by atoms with E-state index in [-0.39, 0.29) is 5.56 Å². The van der Waals surface area contributed by atoms with Gasteiger partial charge in [0.1, 0.15) is 5.82 Å². The zero-order valence-corrected chi connectivity index (χ0v) is 20.4. The summed E-state index contributed by atoms with van der Waals surface area (Å²) in [5.74, 6) is -2.00. The van der Waals surface area contributed by atoms with Gasteiger partial charge >= 0.3 is 0 Å². The van der Waals surface area contributed by atoms with E-state index in [2.05, 4.69) is 22.0 Å². The fraction of sp³-hybridized carbons (Fsp3) is 0.429. The molecule has 1 aliphatic heterocycles. The van der Waals surface area contributed by atoms with Crippen LogP contribution in [0.3, 0.4) is 0 Å². The highest BCUT2D eigenvalue weighted by molar-refractivity contribution is 5.94. The number of carbonyl (C=O) groups excluding carboxylic acids is 1. The molecule has 7 heteroatoms. The van der Waals surface area contributed by atoms with Crippen LogP contribution in [0.2, 0.25) is 0 Å². The Morgan fingerprint density at radius 3 is 2.69 bits per heavy atom. The van der Waals surface area contributed by atoms with Crippen molar-refractivity contribution < 1.29 is 13.6 Å². The van der Waals surface area contributed by atoms with E-state index in [0.717, 1.165) is 49.6 Å². The van der Waals surface area contributed by atoms with Crippen molar-refractivity contribution >= 4 is 16.9 Å². The largest absolute Gasteiger partial charge is 0.340 e. The molecule has 0 radical (unpaired) electrons. The van der Waals surface area contributed by atoms with E-state index in [1.807, 2.05) is 31.2 Å². The number of piperidine rings is 1. The van der Waals surface area contributed by atoms with E-state index in [9.17, 15) is 13.6 Å². The molecule has 1 saturated heterocycles. The molecule has 1 atom stereocenters. The summed E-state index contributed by atoms with van der Waals surface area (Å²) >= 11 is 0. The zero-order valence-electron chi connectivity index (χ0n) is 20.4. The second-order valence-electron chi connectivity index (χ2n) is 9.18. The van der Waals surface area contributed by atoms with Gasteiger partial charge in [0.25, 0.3) is 5.91 Å². The van der Waals surface area contributed by atoms with Gasteiger partial charge in [-0.25, -0.2) is 13.8 Å². The number of unbranched alkanes of at least 4 members (excludes halogenated alkanes) is 1. The first kappa shape index (κ1) is 25.0. The number of likely N-dealkylation sites (tertiary alicyclic amines) is 1. The molecule has 1 N–H and O–H groups in total. The van der Waals surface area contributed by atoms with Crippen molar-refractivity contribution in [2.75, 3.05) is 26.2 Å². The lowest BCUT2D eigenvalue weighted by Gasteiger charge is -2.30. The minimum atomic E-state index is -1.11. The average Bonchev–Trinajstić information content (AvgIpc) is 3.31. The molecule has 1 aromatic heterocycles. The van der Waals surface area contributed by atoms with Crippen molar-refractivity contribution in [3.63, 3.8) is 0 Å². The van der Waals surface area contributed by atoms with Crippen LogP contribution >= 0.6 is 0 Å². The third kappa shape index (κ3) is 6.14. The van der Waals surface area contributed by atoms with Crippen LogP contribution in [-0.4, -0.2) is 51.9 Å². The molecule has 0 aliphatic carbocycles. The number of aromatic nitrogens is 2. The maximum Gasteiger partial charge on any atom is 0.257 e. The van der Waals surface area contributed by atoms with Gasteiger partial charge in [-0.3, -0.25) is 9.69 Å². The first-order valence-electron chi connectivity index (χ1n) is 12.7. The molecule has 186 valence electrons. The van der Waals surface area contributed by atoms with Gasteiger partial charge in [0.05, 0.1) is 22.6 Å². The maximum atomic E-state index is 14.6. The van der Waals surface area contributed by atoms with Gasteiger partial charge in [0.2, 0.25) is 0 Å². The Morgan fingerprint density at radius 2 is 1.91 bits per heavy atom. The quantitative estimate of drug-likeness (QED) is 0.349. The topological polar surface area (TPSA) is 52.2 Å². The van der Waals surface area contributed by atoms with Gasteiger partial charge in [0, 0.05) is 13.1 Å². The number of benzene rings is 2. The van der Waals surface area contributed by atoms with Gasteiger partial charge in [-0.2, -0.15) is 0 Å². The lowest BCUT2D eigenvalue weighted by molar-refractivity contribution is 0.0660. The molecule has 4 rings (SSSR count). The second-order valence-corrected chi connectivity index (χ2v) is 9.18. The Kier molecular flexibility index (Phi) is 8.64. The Hall–Kier alpha value is -3.06. The Bertz CT molecular complexity index is 1120. The number of imidazole rings is 1. The van der Waals surface area contributed by atoms with Crippen molar-refractivity contribution in [2.45, 2.75) is 51.5 Å². The minimum Gasteiger partial charge on any atom is -0.340 e. The third-order valence-corrected chi connectivity index (χ3v) is 6.63. The molecule has 0 bridgehead atoms. The molecule has 3 aromatic rings. The highest BCUT2D eigenvalue weighted by Gasteiger charge is 2.29. The number of hydrogen-bond donors (Lipinski definition) is 1. The van der Waals surface area contributed by atoms with Crippen LogP contribution in [0, 0.1) is 11.6 Å². The maximum absolute atomic E-state index is 14.6. The van der Waals surface area contributed by atoms with Gasteiger partial charge in [-0.1, -0.05) is 50.1 Å². The summed E-state index contributed by atoms with van der Waals surface area (Å²) in [4.78, 5) is 25.8. The van der Waals surface area contributed by atoms with Crippen LogP contribution in [0.5, 0.6) is 0 Å². The number of nitrogens with zero attached hydrogens (tertiary/aromatic N) is 3. The highest BCUT2D eigenvalue weighted by atomic mass is 19.2. The summed E-state index contributed by atoms with van der Waals surface area (Å²) in [5, 5.41) is 0. The lowest BCUT2D eigenvalue weighted by atomic mass is 10.1. The summed E-state index contributed by atoms with van der Waals surface area (Å²) in [6.07, 6.45) is 10.1. The molecule has 0 spiro atoms. The summed E-state index contributed by atoms with van der Waals surface area (Å²) < 4.78 is 28.6. The molecule has 0 saturated carbocycles. The molecule has 2 heterocycles. The second kappa shape index (κ2) is 12.1. The van der Waals surface area contributed by atoms with Crippen LogP contribution in [0.25, 0.3) is 11.0 Å². The summed E-state index contributed by atoms with van der Waals surface area (Å²) in [7, 11) is 0. The van der Waals surface area contributed by atoms with Crippen LogP contribution in [0.4, 0.5) is 8.78 Å². The number of para-hydroxylation sites is 2. The van der Waals surface area contributed by atoms with Crippen LogP contribution in [0.15, 0.2) is 54.6 Å². The van der Waals surface area contributed by atoms with E-state index in [1.54, 1.807) is 4.90 Å². The predicted molar refractivity (Wildman–Crippen MR) is 135 cm³/mol. The van der Waals surface area contributed by atoms with Crippen LogP contribution < -0.4 is 0 Å². The predicted octanol–water partition coefficient (Wildman–Crippen LogP) is 6.26. The normalized spacial score (nSPS) is 15.6. The molecule has 2 aromatic carbocycles. The van der Waals surface area contributed by atoms with Crippen molar-refractivity contribution in [3.8, 4) is 0 Å².